The molecule has 3 N–H and O–H groups in total. The highest BCUT2D eigenvalue weighted by Gasteiger charge is 2.35. The molecule has 148 valence electrons. The zero-order valence-corrected chi connectivity index (χ0v) is 16.4. The fourth-order valence-corrected chi connectivity index (χ4v) is 3.91. The van der Waals surface area contributed by atoms with Crippen LogP contribution < -0.4 is 10.6 Å². The summed E-state index contributed by atoms with van der Waals surface area (Å²) in [7, 11) is 0. The maximum atomic E-state index is 13.5. The number of amides is 2. The maximum absolute atomic E-state index is 13.5. The van der Waals surface area contributed by atoms with E-state index in [-0.39, 0.29) is 29.3 Å². The van der Waals surface area contributed by atoms with Crippen LogP contribution in [0.1, 0.15) is 29.9 Å². The normalized spacial score (nSPS) is 17.9. The zero-order valence-electron chi connectivity index (χ0n) is 14.8. The van der Waals surface area contributed by atoms with Gasteiger partial charge in [0.05, 0.1) is 5.02 Å². The third-order valence-corrected chi connectivity index (χ3v) is 5.50. The number of benzene rings is 2. The molecule has 2 aromatic carbocycles. The standard InChI is InChI=1S/C20H19Cl2FN2O3/c21-15-5-1-3-12-13(4-2-8-26)18(10-14(12)15)25-20(28)19(27)24-11-6-7-16(22)17(23)9-11/h1,3,5-7,9,13,18,26H,2,4,8,10H2,(H,24,27)(H,25,28). The zero-order chi connectivity index (χ0) is 20.3. The third kappa shape index (κ3) is 4.46. The third-order valence-electron chi connectivity index (χ3n) is 4.84. The maximum Gasteiger partial charge on any atom is 0.313 e. The van der Waals surface area contributed by atoms with Gasteiger partial charge in [0, 0.05) is 29.3 Å². The van der Waals surface area contributed by atoms with Gasteiger partial charge in [-0.05, 0) is 54.7 Å². The van der Waals surface area contributed by atoms with E-state index >= 15 is 0 Å². The molecule has 2 aromatic rings. The summed E-state index contributed by atoms with van der Waals surface area (Å²) >= 11 is 11.9. The van der Waals surface area contributed by atoms with Crippen molar-refractivity contribution in [1.29, 1.82) is 0 Å². The van der Waals surface area contributed by atoms with E-state index < -0.39 is 17.6 Å². The number of anilines is 1. The van der Waals surface area contributed by atoms with Gasteiger partial charge in [0.15, 0.2) is 0 Å². The Morgan fingerprint density at radius 1 is 1.14 bits per heavy atom. The molecule has 0 heterocycles. The number of carbonyl (C=O) groups excluding carboxylic acids is 2. The Bertz CT molecular complexity index is 907. The molecule has 3 rings (SSSR count). The lowest BCUT2D eigenvalue weighted by Gasteiger charge is -2.21. The van der Waals surface area contributed by atoms with E-state index in [9.17, 15) is 19.1 Å². The van der Waals surface area contributed by atoms with Crippen molar-refractivity contribution in [1.82, 2.24) is 5.32 Å². The van der Waals surface area contributed by atoms with Crippen LogP contribution in [0.3, 0.4) is 0 Å². The summed E-state index contributed by atoms with van der Waals surface area (Å²) in [6.45, 7) is 0.0374. The number of aliphatic hydroxyl groups is 1. The molecule has 0 spiro atoms. The Morgan fingerprint density at radius 3 is 2.64 bits per heavy atom. The number of carbonyl (C=O) groups is 2. The summed E-state index contributed by atoms with van der Waals surface area (Å²) in [6.07, 6.45) is 1.72. The Balaban J connectivity index is 1.70. The minimum absolute atomic E-state index is 0.0374. The molecule has 28 heavy (non-hydrogen) atoms. The van der Waals surface area contributed by atoms with Gasteiger partial charge in [0.1, 0.15) is 5.82 Å². The summed E-state index contributed by atoms with van der Waals surface area (Å²) in [5.74, 6) is -2.46. The summed E-state index contributed by atoms with van der Waals surface area (Å²) in [4.78, 5) is 24.6. The molecular formula is C20H19Cl2FN2O3. The van der Waals surface area contributed by atoms with Crippen LogP contribution in [0.2, 0.25) is 10.0 Å². The first-order chi connectivity index (χ1) is 13.4. The molecule has 0 saturated carbocycles. The number of halogens is 3. The van der Waals surface area contributed by atoms with Gasteiger partial charge >= 0.3 is 11.8 Å². The van der Waals surface area contributed by atoms with E-state index in [2.05, 4.69) is 10.6 Å². The lowest BCUT2D eigenvalue weighted by molar-refractivity contribution is -0.136. The van der Waals surface area contributed by atoms with Crippen molar-refractivity contribution in [2.75, 3.05) is 11.9 Å². The Hall–Kier alpha value is -2.15. The molecule has 0 saturated heterocycles. The minimum Gasteiger partial charge on any atom is -0.396 e. The van der Waals surface area contributed by atoms with Crippen molar-refractivity contribution in [2.45, 2.75) is 31.2 Å². The number of hydrogen-bond donors (Lipinski definition) is 3. The second kappa shape index (κ2) is 8.90. The molecule has 0 aromatic heterocycles. The molecule has 1 aliphatic rings. The van der Waals surface area contributed by atoms with Gasteiger partial charge in [-0.2, -0.15) is 0 Å². The van der Waals surface area contributed by atoms with Gasteiger partial charge in [-0.25, -0.2) is 4.39 Å². The summed E-state index contributed by atoms with van der Waals surface area (Å²) < 4.78 is 13.5. The number of rotatable bonds is 5. The Kier molecular flexibility index (Phi) is 6.54. The molecule has 0 radical (unpaired) electrons. The predicted molar refractivity (Wildman–Crippen MR) is 106 cm³/mol. The molecule has 0 aliphatic heterocycles. The molecule has 8 heteroatoms. The van der Waals surface area contributed by atoms with Crippen LogP contribution >= 0.6 is 23.2 Å². The lowest BCUT2D eigenvalue weighted by atomic mass is 9.93. The predicted octanol–water partition coefficient (Wildman–Crippen LogP) is 3.67. The van der Waals surface area contributed by atoms with Gasteiger partial charge in [0.2, 0.25) is 0 Å². The van der Waals surface area contributed by atoms with Crippen LogP contribution in [0, 0.1) is 5.82 Å². The highest BCUT2D eigenvalue weighted by Crippen LogP contribution is 2.39. The fraction of sp³-hybridized carbons (Fsp3) is 0.300. The van der Waals surface area contributed by atoms with E-state index in [1.165, 1.54) is 12.1 Å². The summed E-state index contributed by atoms with van der Waals surface area (Å²) in [6, 6.07) is 9.02. The van der Waals surface area contributed by atoms with E-state index in [4.69, 9.17) is 23.2 Å². The first kappa shape index (κ1) is 20.6. The molecule has 2 unspecified atom stereocenters. The molecule has 5 nitrogen and oxygen atoms in total. The second-order valence-electron chi connectivity index (χ2n) is 6.65. The van der Waals surface area contributed by atoms with Gasteiger partial charge < -0.3 is 15.7 Å². The van der Waals surface area contributed by atoms with Crippen molar-refractivity contribution in [2.24, 2.45) is 0 Å². The number of fused-ring (bicyclic) bond motifs is 1. The van der Waals surface area contributed by atoms with Gasteiger partial charge in [-0.3, -0.25) is 9.59 Å². The van der Waals surface area contributed by atoms with Gasteiger partial charge in [0.25, 0.3) is 0 Å². The number of aliphatic hydroxyl groups excluding tert-OH is 1. The second-order valence-corrected chi connectivity index (χ2v) is 7.46. The summed E-state index contributed by atoms with van der Waals surface area (Å²) in [5, 5.41) is 14.8. The van der Waals surface area contributed by atoms with Gasteiger partial charge in [-0.15, -0.1) is 0 Å². The molecule has 2 atom stereocenters. The first-order valence-electron chi connectivity index (χ1n) is 8.85. The lowest BCUT2D eigenvalue weighted by Crippen LogP contribution is -2.43. The van der Waals surface area contributed by atoms with Crippen molar-refractivity contribution < 1.29 is 19.1 Å². The Morgan fingerprint density at radius 2 is 1.93 bits per heavy atom. The van der Waals surface area contributed by atoms with Crippen LogP contribution in [0.25, 0.3) is 0 Å². The summed E-state index contributed by atoms with van der Waals surface area (Å²) in [5.41, 5.74) is 2.10. The molecule has 0 fully saturated rings. The fourth-order valence-electron chi connectivity index (χ4n) is 3.53. The largest absolute Gasteiger partial charge is 0.396 e. The van der Waals surface area contributed by atoms with Crippen LogP contribution in [-0.4, -0.2) is 29.6 Å². The average molecular weight is 425 g/mol. The highest BCUT2D eigenvalue weighted by atomic mass is 35.5. The number of hydrogen-bond acceptors (Lipinski definition) is 3. The Labute approximate surface area is 171 Å². The molecule has 0 bridgehead atoms. The smallest absolute Gasteiger partial charge is 0.313 e. The van der Waals surface area contributed by atoms with Gasteiger partial charge in [-0.1, -0.05) is 35.3 Å². The molecule has 1 aliphatic carbocycles. The highest BCUT2D eigenvalue weighted by molar-refractivity contribution is 6.39. The van der Waals surface area contributed by atoms with E-state index in [1.807, 2.05) is 12.1 Å². The first-order valence-corrected chi connectivity index (χ1v) is 9.61. The van der Waals surface area contributed by atoms with Crippen molar-refractivity contribution in [3.05, 3.63) is 63.4 Å². The molecular weight excluding hydrogens is 406 g/mol. The van der Waals surface area contributed by atoms with Crippen molar-refractivity contribution in [3.8, 4) is 0 Å². The SMILES string of the molecule is O=C(Nc1ccc(Cl)c(F)c1)C(=O)NC1Cc2c(Cl)cccc2C1CCCO. The average Bonchev–Trinajstić information content (AvgIpc) is 3.01. The van der Waals surface area contributed by atoms with E-state index in [0.717, 1.165) is 17.2 Å². The quantitative estimate of drug-likeness (QED) is 0.640. The monoisotopic (exact) mass is 424 g/mol. The number of nitrogens with one attached hydrogen (secondary N) is 2. The van der Waals surface area contributed by atoms with Crippen molar-refractivity contribution in [3.63, 3.8) is 0 Å². The minimum atomic E-state index is -0.898. The van der Waals surface area contributed by atoms with Crippen LogP contribution in [-0.2, 0) is 16.0 Å². The topological polar surface area (TPSA) is 78.4 Å². The van der Waals surface area contributed by atoms with E-state index in [0.29, 0.717) is 24.3 Å². The molecule has 2 amide bonds. The van der Waals surface area contributed by atoms with E-state index in [1.54, 1.807) is 6.07 Å². The van der Waals surface area contributed by atoms with Crippen LogP contribution in [0.5, 0.6) is 0 Å². The van der Waals surface area contributed by atoms with Crippen LogP contribution in [0.4, 0.5) is 10.1 Å². The van der Waals surface area contributed by atoms with Crippen LogP contribution in [0.15, 0.2) is 36.4 Å². The van der Waals surface area contributed by atoms with Crippen molar-refractivity contribution >= 4 is 40.7 Å².